The standard InChI is InChI=1S/C16H16FN3/c1-20-15-10-13(17)5-6-14(15)19-16(20)12-4-2-3-11(9-12)7-8-18/h2-6,9-10H,7-8,18H2,1H3. The van der Waals surface area contributed by atoms with Gasteiger partial charge in [-0.3, -0.25) is 0 Å². The van der Waals surface area contributed by atoms with Gasteiger partial charge in [-0.25, -0.2) is 9.37 Å². The van der Waals surface area contributed by atoms with Gasteiger partial charge in [0.05, 0.1) is 11.0 Å². The lowest BCUT2D eigenvalue weighted by Crippen LogP contribution is -2.02. The first-order chi connectivity index (χ1) is 9.69. The fourth-order valence-electron chi connectivity index (χ4n) is 2.45. The number of hydrogen-bond donors (Lipinski definition) is 1. The minimum atomic E-state index is -0.246. The average molecular weight is 269 g/mol. The fraction of sp³-hybridized carbons (Fsp3) is 0.188. The van der Waals surface area contributed by atoms with Crippen LogP contribution in [0.2, 0.25) is 0 Å². The summed E-state index contributed by atoms with van der Waals surface area (Å²) in [4.78, 5) is 4.59. The van der Waals surface area contributed by atoms with Gasteiger partial charge in [0, 0.05) is 12.6 Å². The van der Waals surface area contributed by atoms with E-state index in [1.54, 1.807) is 6.07 Å². The normalized spacial score (nSPS) is 11.2. The maximum Gasteiger partial charge on any atom is 0.140 e. The van der Waals surface area contributed by atoms with E-state index in [-0.39, 0.29) is 5.82 Å². The Bertz CT molecular complexity index is 762. The van der Waals surface area contributed by atoms with Crippen molar-refractivity contribution in [2.75, 3.05) is 6.54 Å². The highest BCUT2D eigenvalue weighted by Crippen LogP contribution is 2.24. The zero-order valence-corrected chi connectivity index (χ0v) is 11.3. The summed E-state index contributed by atoms with van der Waals surface area (Å²) in [5.41, 5.74) is 9.40. The van der Waals surface area contributed by atoms with Gasteiger partial charge < -0.3 is 10.3 Å². The van der Waals surface area contributed by atoms with Crippen LogP contribution in [0.1, 0.15) is 5.56 Å². The van der Waals surface area contributed by atoms with Crippen molar-refractivity contribution in [3.8, 4) is 11.4 Å². The maximum atomic E-state index is 13.3. The Hall–Kier alpha value is -2.20. The van der Waals surface area contributed by atoms with Crippen molar-refractivity contribution in [2.45, 2.75) is 6.42 Å². The number of imidazole rings is 1. The second kappa shape index (κ2) is 5.06. The molecule has 3 nitrogen and oxygen atoms in total. The van der Waals surface area contributed by atoms with Crippen LogP contribution in [0.15, 0.2) is 42.5 Å². The molecule has 0 aliphatic rings. The van der Waals surface area contributed by atoms with E-state index in [1.807, 2.05) is 23.7 Å². The Morgan fingerprint density at radius 3 is 2.85 bits per heavy atom. The zero-order chi connectivity index (χ0) is 14.1. The van der Waals surface area contributed by atoms with Crippen LogP contribution in [-0.4, -0.2) is 16.1 Å². The molecule has 4 heteroatoms. The van der Waals surface area contributed by atoms with Crippen molar-refractivity contribution in [3.05, 3.63) is 53.8 Å². The Labute approximate surface area is 116 Å². The molecule has 0 saturated carbocycles. The summed E-state index contributed by atoms with van der Waals surface area (Å²) in [5.74, 6) is 0.591. The third-order valence-corrected chi connectivity index (χ3v) is 3.46. The molecule has 20 heavy (non-hydrogen) atoms. The van der Waals surface area contributed by atoms with Gasteiger partial charge in [0.25, 0.3) is 0 Å². The molecule has 1 aromatic heterocycles. The van der Waals surface area contributed by atoms with Gasteiger partial charge in [0.1, 0.15) is 11.6 Å². The van der Waals surface area contributed by atoms with Crippen LogP contribution in [0, 0.1) is 5.82 Å². The number of rotatable bonds is 3. The van der Waals surface area contributed by atoms with Gasteiger partial charge in [-0.05, 0) is 42.8 Å². The van der Waals surface area contributed by atoms with E-state index in [0.717, 1.165) is 28.8 Å². The van der Waals surface area contributed by atoms with Gasteiger partial charge in [0.2, 0.25) is 0 Å². The molecule has 3 aromatic rings. The molecular weight excluding hydrogens is 253 g/mol. The van der Waals surface area contributed by atoms with Crippen molar-refractivity contribution in [3.63, 3.8) is 0 Å². The quantitative estimate of drug-likeness (QED) is 0.794. The minimum Gasteiger partial charge on any atom is -0.330 e. The molecule has 0 bridgehead atoms. The van der Waals surface area contributed by atoms with Crippen molar-refractivity contribution in [1.29, 1.82) is 0 Å². The summed E-state index contributed by atoms with van der Waals surface area (Å²) in [6.07, 6.45) is 0.840. The molecule has 0 fully saturated rings. The number of halogens is 1. The predicted octanol–water partition coefficient (Wildman–Crippen LogP) is 2.88. The van der Waals surface area contributed by atoms with Gasteiger partial charge in [-0.1, -0.05) is 18.2 Å². The number of nitrogens with zero attached hydrogens (tertiary/aromatic N) is 2. The maximum absolute atomic E-state index is 13.3. The van der Waals surface area contributed by atoms with Crippen molar-refractivity contribution < 1.29 is 4.39 Å². The smallest absolute Gasteiger partial charge is 0.140 e. The molecular formula is C16H16FN3. The number of aryl methyl sites for hydroxylation is 1. The zero-order valence-electron chi connectivity index (χ0n) is 11.3. The molecule has 0 atom stereocenters. The topological polar surface area (TPSA) is 43.8 Å². The Morgan fingerprint density at radius 1 is 1.20 bits per heavy atom. The molecule has 0 radical (unpaired) electrons. The largest absolute Gasteiger partial charge is 0.330 e. The highest BCUT2D eigenvalue weighted by Gasteiger charge is 2.10. The van der Waals surface area contributed by atoms with E-state index in [9.17, 15) is 4.39 Å². The van der Waals surface area contributed by atoms with E-state index >= 15 is 0 Å². The van der Waals surface area contributed by atoms with Crippen molar-refractivity contribution >= 4 is 11.0 Å². The first-order valence-electron chi connectivity index (χ1n) is 6.60. The van der Waals surface area contributed by atoms with Crippen LogP contribution in [-0.2, 0) is 13.5 Å². The molecule has 0 amide bonds. The summed E-state index contributed by atoms with van der Waals surface area (Å²) in [6.45, 7) is 0.622. The van der Waals surface area contributed by atoms with Gasteiger partial charge in [-0.15, -0.1) is 0 Å². The molecule has 0 aliphatic heterocycles. The Kier molecular flexibility index (Phi) is 3.24. The van der Waals surface area contributed by atoms with Gasteiger partial charge in [0.15, 0.2) is 0 Å². The number of aromatic nitrogens is 2. The lowest BCUT2D eigenvalue weighted by molar-refractivity contribution is 0.629. The first kappa shape index (κ1) is 12.8. The minimum absolute atomic E-state index is 0.246. The highest BCUT2D eigenvalue weighted by atomic mass is 19.1. The molecule has 0 saturated heterocycles. The van der Waals surface area contributed by atoms with E-state index in [0.29, 0.717) is 6.54 Å². The monoisotopic (exact) mass is 269 g/mol. The van der Waals surface area contributed by atoms with Crippen LogP contribution < -0.4 is 5.73 Å². The van der Waals surface area contributed by atoms with Crippen molar-refractivity contribution in [2.24, 2.45) is 12.8 Å². The molecule has 2 N–H and O–H groups in total. The second-order valence-electron chi connectivity index (χ2n) is 4.87. The van der Waals surface area contributed by atoms with Crippen LogP contribution in [0.3, 0.4) is 0 Å². The Balaban J connectivity index is 2.14. The summed E-state index contributed by atoms with van der Waals surface area (Å²) < 4.78 is 15.3. The third-order valence-electron chi connectivity index (χ3n) is 3.46. The number of benzene rings is 2. The summed E-state index contributed by atoms with van der Waals surface area (Å²) in [6, 6.07) is 12.8. The average Bonchev–Trinajstić information content (AvgIpc) is 2.77. The summed E-state index contributed by atoms with van der Waals surface area (Å²) in [7, 11) is 1.90. The molecule has 1 heterocycles. The number of nitrogens with two attached hydrogens (primary N) is 1. The van der Waals surface area contributed by atoms with Gasteiger partial charge >= 0.3 is 0 Å². The molecule has 0 unspecified atom stereocenters. The fourth-order valence-corrected chi connectivity index (χ4v) is 2.45. The van der Waals surface area contributed by atoms with E-state index < -0.39 is 0 Å². The van der Waals surface area contributed by atoms with E-state index in [1.165, 1.54) is 17.7 Å². The van der Waals surface area contributed by atoms with Crippen LogP contribution in [0.4, 0.5) is 4.39 Å². The molecule has 102 valence electrons. The number of fused-ring (bicyclic) bond motifs is 1. The van der Waals surface area contributed by atoms with Crippen molar-refractivity contribution in [1.82, 2.24) is 9.55 Å². The van der Waals surface area contributed by atoms with Crippen LogP contribution in [0.5, 0.6) is 0 Å². The SMILES string of the molecule is Cn1c(-c2cccc(CCN)c2)nc2ccc(F)cc21. The predicted molar refractivity (Wildman–Crippen MR) is 78.9 cm³/mol. The second-order valence-corrected chi connectivity index (χ2v) is 4.87. The molecule has 2 aromatic carbocycles. The Morgan fingerprint density at radius 2 is 2.05 bits per heavy atom. The first-order valence-corrected chi connectivity index (χ1v) is 6.60. The third kappa shape index (κ3) is 2.18. The highest BCUT2D eigenvalue weighted by molar-refractivity contribution is 5.80. The summed E-state index contributed by atoms with van der Waals surface area (Å²) in [5, 5.41) is 0. The van der Waals surface area contributed by atoms with Crippen LogP contribution in [0.25, 0.3) is 22.4 Å². The van der Waals surface area contributed by atoms with E-state index in [4.69, 9.17) is 5.73 Å². The number of hydrogen-bond acceptors (Lipinski definition) is 2. The van der Waals surface area contributed by atoms with E-state index in [2.05, 4.69) is 17.1 Å². The van der Waals surface area contributed by atoms with Crippen LogP contribution >= 0.6 is 0 Å². The molecule has 0 spiro atoms. The lowest BCUT2D eigenvalue weighted by atomic mass is 10.1. The lowest BCUT2D eigenvalue weighted by Gasteiger charge is -2.05. The molecule has 0 aliphatic carbocycles. The summed E-state index contributed by atoms with van der Waals surface area (Å²) >= 11 is 0. The van der Waals surface area contributed by atoms with Gasteiger partial charge in [-0.2, -0.15) is 0 Å². The molecule has 3 rings (SSSR count).